The molecule has 334 valence electrons. The van der Waals surface area contributed by atoms with Gasteiger partial charge in [0, 0.05) is 46.0 Å². The van der Waals surface area contributed by atoms with Crippen molar-refractivity contribution < 1.29 is 0 Å². The van der Waals surface area contributed by atoms with Gasteiger partial charge >= 0.3 is 0 Å². The van der Waals surface area contributed by atoms with Crippen molar-refractivity contribution in [3.8, 4) is 22.3 Å². The molecule has 11 rings (SSSR count). The average Bonchev–Trinajstić information content (AvgIpc) is 3.73. The summed E-state index contributed by atoms with van der Waals surface area (Å²) >= 11 is 0. The number of benzene rings is 6. The Labute approximate surface area is 396 Å². The Morgan fingerprint density at radius 2 is 1.45 bits per heavy atom. The number of hydrogen-bond acceptors (Lipinski definition) is 5. The lowest BCUT2D eigenvalue weighted by molar-refractivity contribution is 0.304. The Morgan fingerprint density at radius 1 is 0.716 bits per heavy atom. The molecule has 1 N–H and O–H groups in total. The van der Waals surface area contributed by atoms with Crippen LogP contribution >= 0.6 is 0 Å². The maximum absolute atomic E-state index is 5.71. The minimum Gasteiger partial charge on any atom is -0.347 e. The first-order valence-electron chi connectivity index (χ1n) is 24.0. The highest BCUT2D eigenvalue weighted by molar-refractivity contribution is 6.18. The highest BCUT2D eigenvalue weighted by Gasteiger charge is 2.39. The lowest BCUT2D eigenvalue weighted by Gasteiger charge is -2.41. The molecule has 0 saturated heterocycles. The molecule has 0 saturated carbocycles. The second-order valence-electron chi connectivity index (χ2n) is 16.7. The highest BCUT2D eigenvalue weighted by atomic mass is 15.4. The van der Waals surface area contributed by atoms with Gasteiger partial charge in [0.25, 0.3) is 0 Å². The van der Waals surface area contributed by atoms with E-state index >= 15 is 0 Å². The number of fused-ring (bicyclic) bond motifs is 6. The van der Waals surface area contributed by atoms with E-state index in [4.69, 9.17) is 9.98 Å². The van der Waals surface area contributed by atoms with Crippen molar-refractivity contribution in [1.29, 1.82) is 0 Å². The molecular formula is C61H60N6. The fraction of sp³-hybridized carbons (Fsp3) is 0.197. The Kier molecular flexibility index (Phi) is 13.4. The smallest absolute Gasteiger partial charge is 0.166 e. The van der Waals surface area contributed by atoms with Crippen molar-refractivity contribution in [3.63, 3.8) is 0 Å². The van der Waals surface area contributed by atoms with Crippen LogP contribution in [0.4, 0.5) is 0 Å². The molecule has 0 amide bonds. The van der Waals surface area contributed by atoms with E-state index in [1.54, 1.807) is 0 Å². The molecule has 6 aromatic carbocycles. The molecule has 1 atom stereocenters. The van der Waals surface area contributed by atoms with E-state index in [0.717, 1.165) is 70.8 Å². The molecule has 0 bridgehead atoms. The van der Waals surface area contributed by atoms with E-state index < -0.39 is 5.66 Å². The van der Waals surface area contributed by atoms with Crippen molar-refractivity contribution in [1.82, 2.24) is 14.8 Å². The van der Waals surface area contributed by atoms with Crippen molar-refractivity contribution in [3.05, 3.63) is 221 Å². The Hall–Kier alpha value is -7.41. The van der Waals surface area contributed by atoms with Crippen LogP contribution < -0.4 is 5.32 Å². The van der Waals surface area contributed by atoms with Gasteiger partial charge in [-0.2, -0.15) is 0 Å². The van der Waals surface area contributed by atoms with Gasteiger partial charge in [-0.1, -0.05) is 192 Å². The third kappa shape index (κ3) is 8.27. The Morgan fingerprint density at radius 3 is 2.24 bits per heavy atom. The largest absolute Gasteiger partial charge is 0.347 e. The second-order valence-corrected chi connectivity index (χ2v) is 16.7. The zero-order chi connectivity index (χ0) is 46.3. The molecule has 4 aliphatic rings. The molecule has 6 nitrogen and oxygen atoms in total. The van der Waals surface area contributed by atoms with Gasteiger partial charge in [-0.3, -0.25) is 15.3 Å². The number of aromatic nitrogens is 1. The number of aliphatic imine (C=N–C) groups is 3. The van der Waals surface area contributed by atoms with Crippen LogP contribution in [0.5, 0.6) is 0 Å². The van der Waals surface area contributed by atoms with Crippen LogP contribution in [0.3, 0.4) is 0 Å². The summed E-state index contributed by atoms with van der Waals surface area (Å²) in [6, 6.07) is 50.3. The van der Waals surface area contributed by atoms with Crippen LogP contribution in [0.15, 0.2) is 208 Å². The Bertz CT molecular complexity index is 3170. The van der Waals surface area contributed by atoms with Crippen LogP contribution in [0.1, 0.15) is 68.5 Å². The molecule has 7 aromatic rings. The van der Waals surface area contributed by atoms with Gasteiger partial charge in [0.15, 0.2) is 5.66 Å². The molecule has 1 unspecified atom stereocenters. The summed E-state index contributed by atoms with van der Waals surface area (Å²) in [6.07, 6.45) is 19.1. The topological polar surface area (TPSA) is 57.3 Å². The summed E-state index contributed by atoms with van der Waals surface area (Å²) in [5.41, 5.74) is 15.1. The lowest BCUT2D eigenvalue weighted by Crippen LogP contribution is -2.54. The molecule has 0 fully saturated rings. The fourth-order valence-electron chi connectivity index (χ4n) is 10.1. The summed E-state index contributed by atoms with van der Waals surface area (Å²) in [7, 11) is 2.12. The number of likely N-dealkylation sites (N-methyl/N-ethyl adjacent to an activating group) is 1. The first-order chi connectivity index (χ1) is 33.1. The predicted octanol–water partition coefficient (Wildman–Crippen LogP) is 14.3. The van der Waals surface area contributed by atoms with Gasteiger partial charge in [-0.15, -0.1) is 0 Å². The van der Waals surface area contributed by atoms with Crippen molar-refractivity contribution in [2.24, 2.45) is 15.0 Å². The maximum atomic E-state index is 5.71. The first-order valence-corrected chi connectivity index (χ1v) is 24.0. The van der Waals surface area contributed by atoms with Gasteiger partial charge in [-0.25, -0.2) is 4.99 Å². The minimum absolute atomic E-state index is 0.438. The van der Waals surface area contributed by atoms with Gasteiger partial charge in [0.1, 0.15) is 12.5 Å². The third-order valence-electron chi connectivity index (χ3n) is 13.1. The maximum Gasteiger partial charge on any atom is 0.166 e. The average molecular weight is 877 g/mol. The van der Waals surface area contributed by atoms with E-state index in [1.165, 1.54) is 55.2 Å². The van der Waals surface area contributed by atoms with Gasteiger partial charge in [0.05, 0.1) is 23.6 Å². The van der Waals surface area contributed by atoms with Crippen molar-refractivity contribution >= 4 is 45.6 Å². The van der Waals surface area contributed by atoms with Crippen LogP contribution in [-0.4, -0.2) is 41.4 Å². The van der Waals surface area contributed by atoms with E-state index in [1.807, 2.05) is 45.9 Å². The molecule has 0 spiro atoms. The SMILES string of the molecule is C=N/C(=C1/C=CC=C/C1=N/Cn1c2c(c3cc4ccccc4c(-c4cccc(C5(c6ccccc6)N=C(C6=CCCC=C6)N(C)CN5)c4)c31)-c1ccccc1CC2)c1ccccc1.CC.CC. The molecule has 3 aliphatic carbocycles. The standard InChI is InChI=1S/C57H48N6.2C2H6/c1-58-54(40-20-6-3-7-21-40)48-31-16-17-32-50(48)59-37-63-51-34-33-39-19-12-14-29-46(39)53(51)49-36-42-24-13-15-30-47(42)52(55(49)63)43-25-18-28-45(35-43)57(44-26-10-5-11-27-44)60-38-62(2)56(61-57)41-22-8-4-9-23-41;2*1-2/h3,5-8,10-32,35-36,60H,1,4,9,33-34,37-38H2,2H3;2*1-2H3/b54-48-,59-50-;;. The predicted molar refractivity (Wildman–Crippen MR) is 286 cm³/mol. The van der Waals surface area contributed by atoms with E-state index in [0.29, 0.717) is 13.3 Å². The summed E-state index contributed by atoms with van der Waals surface area (Å²) in [5, 5.41) is 7.58. The molecule has 67 heavy (non-hydrogen) atoms. The normalized spacial score (nSPS) is 18.5. The van der Waals surface area contributed by atoms with Gasteiger partial charge < -0.3 is 9.47 Å². The van der Waals surface area contributed by atoms with Crippen LogP contribution in [0, 0.1) is 0 Å². The van der Waals surface area contributed by atoms with E-state index in [-0.39, 0.29) is 0 Å². The van der Waals surface area contributed by atoms with Crippen molar-refractivity contribution in [2.75, 3.05) is 13.7 Å². The van der Waals surface area contributed by atoms with Crippen LogP contribution in [0.2, 0.25) is 0 Å². The lowest BCUT2D eigenvalue weighted by atomic mass is 9.85. The summed E-state index contributed by atoms with van der Waals surface area (Å²) < 4.78 is 2.51. The number of hydrogen-bond donors (Lipinski definition) is 1. The fourth-order valence-corrected chi connectivity index (χ4v) is 10.1. The molecule has 2 heterocycles. The molecular weight excluding hydrogens is 817 g/mol. The van der Waals surface area contributed by atoms with E-state index in [9.17, 15) is 0 Å². The highest BCUT2D eigenvalue weighted by Crippen LogP contribution is 2.47. The van der Waals surface area contributed by atoms with Crippen LogP contribution in [0.25, 0.3) is 49.6 Å². The zero-order valence-electron chi connectivity index (χ0n) is 39.5. The van der Waals surface area contributed by atoms with Crippen molar-refractivity contribution in [2.45, 2.75) is 65.7 Å². The number of allylic oxidation sites excluding steroid dienone is 7. The summed E-state index contributed by atoms with van der Waals surface area (Å²) in [6.45, 7) is 13.1. The number of amidine groups is 1. The first kappa shape index (κ1) is 44.8. The number of aryl methyl sites for hydroxylation is 1. The molecule has 1 aromatic heterocycles. The molecule has 0 radical (unpaired) electrons. The monoisotopic (exact) mass is 876 g/mol. The zero-order valence-corrected chi connectivity index (χ0v) is 39.5. The molecule has 1 aliphatic heterocycles. The Balaban J connectivity index is 0.00000137. The summed E-state index contributed by atoms with van der Waals surface area (Å²) in [5.74, 6) is 0.993. The third-order valence-corrected chi connectivity index (χ3v) is 13.1. The number of nitrogens with one attached hydrogen (secondary N) is 1. The van der Waals surface area contributed by atoms with Gasteiger partial charge in [-0.05, 0) is 89.2 Å². The van der Waals surface area contributed by atoms with E-state index in [2.05, 4.69) is 197 Å². The molecule has 6 heteroatoms. The number of nitrogens with zero attached hydrogens (tertiary/aromatic N) is 5. The minimum atomic E-state index is -0.819. The van der Waals surface area contributed by atoms with Gasteiger partial charge in [0.2, 0.25) is 0 Å². The summed E-state index contributed by atoms with van der Waals surface area (Å²) in [4.78, 5) is 18.0. The van der Waals surface area contributed by atoms with Crippen LogP contribution in [-0.2, 0) is 25.2 Å². The second kappa shape index (κ2) is 20.0. The quantitative estimate of drug-likeness (QED) is 0.155. The number of rotatable bonds is 8.